The van der Waals surface area contributed by atoms with Gasteiger partial charge in [0.2, 0.25) is 0 Å². The average Bonchev–Trinajstić information content (AvgIpc) is 2.63. The first-order valence-corrected chi connectivity index (χ1v) is 18.8. The van der Waals surface area contributed by atoms with Crippen LogP contribution in [0.3, 0.4) is 0 Å². The lowest BCUT2D eigenvalue weighted by Crippen LogP contribution is -2.49. The van der Waals surface area contributed by atoms with Crippen molar-refractivity contribution in [3.63, 3.8) is 0 Å². The summed E-state index contributed by atoms with van der Waals surface area (Å²) in [5.74, 6) is 0.746. The molecule has 0 aromatic rings. The zero-order chi connectivity index (χ0) is 24.4. The second-order valence-corrected chi connectivity index (χ2v) is 22.8. The van der Waals surface area contributed by atoms with E-state index in [2.05, 4.69) is 92.5 Å². The highest BCUT2D eigenvalue weighted by molar-refractivity contribution is 6.74. The molecule has 2 nitrogen and oxygen atoms in total. The fourth-order valence-electron chi connectivity index (χ4n) is 4.21. The van der Waals surface area contributed by atoms with Crippen LogP contribution in [0.2, 0.25) is 36.3 Å². The van der Waals surface area contributed by atoms with Crippen molar-refractivity contribution in [3.8, 4) is 0 Å². The number of allylic oxidation sites excluding steroid dienone is 3. The van der Waals surface area contributed by atoms with Crippen molar-refractivity contribution in [1.29, 1.82) is 0 Å². The molecule has 184 valence electrons. The van der Waals surface area contributed by atoms with E-state index in [1.165, 1.54) is 43.3 Å². The summed E-state index contributed by atoms with van der Waals surface area (Å²) in [6, 6.07) is 0. The summed E-state index contributed by atoms with van der Waals surface area (Å²) in [6.45, 7) is 27.9. The highest BCUT2D eigenvalue weighted by atomic mass is 28.4. The van der Waals surface area contributed by atoms with E-state index in [0.717, 1.165) is 18.8 Å². The number of hydrogen-bond donors (Lipinski definition) is 0. The van der Waals surface area contributed by atoms with E-state index in [1.54, 1.807) is 0 Å². The van der Waals surface area contributed by atoms with Gasteiger partial charge in [-0.15, -0.1) is 0 Å². The van der Waals surface area contributed by atoms with Gasteiger partial charge in [-0.1, -0.05) is 85.6 Å². The van der Waals surface area contributed by atoms with Crippen molar-refractivity contribution >= 4 is 16.6 Å². The van der Waals surface area contributed by atoms with Crippen LogP contribution in [0.15, 0.2) is 36.0 Å². The largest absolute Gasteiger partial charge is 0.413 e. The Kier molecular flexibility index (Phi) is 9.09. The van der Waals surface area contributed by atoms with Gasteiger partial charge in [0.15, 0.2) is 16.6 Å². The van der Waals surface area contributed by atoms with Gasteiger partial charge in [0.05, 0.1) is 12.2 Å². The van der Waals surface area contributed by atoms with E-state index in [-0.39, 0.29) is 22.3 Å². The molecule has 0 aromatic carbocycles. The van der Waals surface area contributed by atoms with Crippen molar-refractivity contribution in [2.24, 2.45) is 5.92 Å². The summed E-state index contributed by atoms with van der Waals surface area (Å²) in [5, 5.41) is 0.396. The molecule has 2 atom stereocenters. The molecule has 0 unspecified atom stereocenters. The maximum absolute atomic E-state index is 6.92. The minimum Gasteiger partial charge on any atom is -0.413 e. The molecular formula is C28H52O2Si2. The molecular weight excluding hydrogens is 424 g/mol. The summed E-state index contributed by atoms with van der Waals surface area (Å²) in [5.41, 5.74) is 2.51. The Morgan fingerprint density at radius 2 is 1.38 bits per heavy atom. The number of rotatable bonds is 6. The van der Waals surface area contributed by atoms with Crippen LogP contribution >= 0.6 is 0 Å². The van der Waals surface area contributed by atoms with Gasteiger partial charge in [-0.05, 0) is 72.6 Å². The van der Waals surface area contributed by atoms with Gasteiger partial charge in [0, 0.05) is 6.42 Å². The second-order valence-electron chi connectivity index (χ2n) is 13.3. The van der Waals surface area contributed by atoms with Crippen LogP contribution in [0.1, 0.15) is 86.5 Å². The summed E-state index contributed by atoms with van der Waals surface area (Å²) in [7, 11) is -3.74. The minimum atomic E-state index is -1.90. The Balaban J connectivity index is 2.26. The standard InChI is InChI=1S/C28H52O2Si2/c1-22-24(19-15-18-23-16-13-12-14-17-23)20-25(29-31(8,9)27(2,3)4)21-26(22)30-32(10,11)28(5,6)7/h15,18-19,23,25-26H,1,12-14,16-17,20-21H2,2-11H3/t25-,26+/m1/s1. The molecule has 0 heterocycles. The molecule has 0 N–H and O–H groups in total. The zero-order valence-electron chi connectivity index (χ0n) is 22.9. The third-order valence-corrected chi connectivity index (χ3v) is 17.6. The SMILES string of the molecule is C=C1C(=CC=CC2CCCCC2)C[C@@H](O[Si](C)(C)C(C)(C)C)C[C@@H]1O[Si](C)(C)C(C)(C)C. The summed E-state index contributed by atoms with van der Waals surface area (Å²) < 4.78 is 13.8. The van der Waals surface area contributed by atoms with Crippen LogP contribution in [0, 0.1) is 5.92 Å². The van der Waals surface area contributed by atoms with Gasteiger partial charge in [0.25, 0.3) is 0 Å². The lowest BCUT2D eigenvalue weighted by molar-refractivity contribution is 0.0970. The average molecular weight is 477 g/mol. The Morgan fingerprint density at radius 3 is 1.91 bits per heavy atom. The lowest BCUT2D eigenvalue weighted by Gasteiger charge is -2.45. The van der Waals surface area contributed by atoms with E-state index in [0.29, 0.717) is 0 Å². The van der Waals surface area contributed by atoms with Gasteiger partial charge in [-0.3, -0.25) is 0 Å². The van der Waals surface area contributed by atoms with Crippen molar-refractivity contribution in [1.82, 2.24) is 0 Å². The molecule has 32 heavy (non-hydrogen) atoms. The maximum atomic E-state index is 6.92. The molecule has 0 amide bonds. The van der Waals surface area contributed by atoms with Crippen molar-refractivity contribution in [3.05, 3.63) is 36.0 Å². The maximum Gasteiger partial charge on any atom is 0.192 e. The van der Waals surface area contributed by atoms with Crippen LogP contribution < -0.4 is 0 Å². The van der Waals surface area contributed by atoms with Gasteiger partial charge >= 0.3 is 0 Å². The van der Waals surface area contributed by atoms with E-state index in [9.17, 15) is 0 Å². The van der Waals surface area contributed by atoms with E-state index in [1.807, 2.05) is 0 Å². The van der Waals surface area contributed by atoms with Crippen LogP contribution in [0.5, 0.6) is 0 Å². The molecule has 2 aliphatic rings. The van der Waals surface area contributed by atoms with Gasteiger partial charge in [-0.25, -0.2) is 0 Å². The van der Waals surface area contributed by atoms with Gasteiger partial charge in [-0.2, -0.15) is 0 Å². The molecule has 2 saturated carbocycles. The highest BCUT2D eigenvalue weighted by Gasteiger charge is 2.44. The first-order chi connectivity index (χ1) is 14.5. The van der Waals surface area contributed by atoms with E-state index >= 15 is 0 Å². The fraction of sp³-hybridized carbons (Fsp3) is 0.786. The fourth-order valence-corrected chi connectivity index (χ4v) is 6.88. The van der Waals surface area contributed by atoms with Crippen LogP contribution in [0.25, 0.3) is 0 Å². The zero-order valence-corrected chi connectivity index (χ0v) is 24.9. The summed E-state index contributed by atoms with van der Waals surface area (Å²) >= 11 is 0. The Hall–Kier alpha value is -0.426. The van der Waals surface area contributed by atoms with Crippen molar-refractivity contribution in [2.75, 3.05) is 0 Å². The Morgan fingerprint density at radius 1 is 0.844 bits per heavy atom. The molecule has 0 radical (unpaired) electrons. The first-order valence-electron chi connectivity index (χ1n) is 13.0. The predicted molar refractivity (Wildman–Crippen MR) is 146 cm³/mol. The van der Waals surface area contributed by atoms with Gasteiger partial charge < -0.3 is 8.85 Å². The molecule has 0 spiro atoms. The normalized spacial score (nSPS) is 26.3. The molecule has 2 fully saturated rings. The first kappa shape index (κ1) is 27.8. The van der Waals surface area contributed by atoms with Crippen LogP contribution in [-0.2, 0) is 8.85 Å². The van der Waals surface area contributed by atoms with Crippen molar-refractivity contribution in [2.45, 2.75) is 135 Å². The summed E-state index contributed by atoms with van der Waals surface area (Å²) in [6.07, 6.45) is 16.1. The Labute approximate surface area is 202 Å². The van der Waals surface area contributed by atoms with Crippen LogP contribution in [-0.4, -0.2) is 28.8 Å². The topological polar surface area (TPSA) is 18.5 Å². The third-order valence-electron chi connectivity index (χ3n) is 8.57. The molecule has 0 saturated heterocycles. The summed E-state index contributed by atoms with van der Waals surface area (Å²) in [4.78, 5) is 0. The molecule has 0 bridgehead atoms. The molecule has 2 rings (SSSR count). The molecule has 0 aromatic heterocycles. The van der Waals surface area contributed by atoms with E-state index < -0.39 is 16.6 Å². The minimum absolute atomic E-state index is 0.0636. The van der Waals surface area contributed by atoms with Crippen molar-refractivity contribution < 1.29 is 8.85 Å². The molecule has 4 heteroatoms. The highest BCUT2D eigenvalue weighted by Crippen LogP contribution is 2.44. The smallest absolute Gasteiger partial charge is 0.192 e. The Bertz CT molecular complexity index is 698. The quantitative estimate of drug-likeness (QED) is 0.356. The predicted octanol–water partition coefficient (Wildman–Crippen LogP) is 9.18. The number of hydrogen-bond acceptors (Lipinski definition) is 2. The van der Waals surface area contributed by atoms with Crippen LogP contribution in [0.4, 0.5) is 0 Å². The third kappa shape index (κ3) is 7.28. The molecule has 2 aliphatic carbocycles. The van der Waals surface area contributed by atoms with Gasteiger partial charge in [0.1, 0.15) is 0 Å². The monoisotopic (exact) mass is 476 g/mol. The second kappa shape index (κ2) is 10.5. The molecule has 0 aliphatic heterocycles. The van der Waals surface area contributed by atoms with E-state index in [4.69, 9.17) is 8.85 Å². The lowest BCUT2D eigenvalue weighted by atomic mass is 9.85.